The van der Waals surface area contributed by atoms with Gasteiger partial charge in [-0.25, -0.2) is 4.39 Å². The number of alkyl halides is 1. The molecule has 0 aromatic heterocycles. The van der Waals surface area contributed by atoms with E-state index in [0.29, 0.717) is 5.92 Å². The molecule has 1 fully saturated rings. The van der Waals surface area contributed by atoms with Crippen LogP contribution in [-0.2, 0) is 0 Å². The third kappa shape index (κ3) is 1.94. The summed E-state index contributed by atoms with van der Waals surface area (Å²) in [5.74, 6) is 0.325. The van der Waals surface area contributed by atoms with Gasteiger partial charge in [-0.1, -0.05) is 0 Å². The SMILES string of the molecule is C[C@@H](F)C1CCNCC1. The molecule has 1 nitrogen and oxygen atoms in total. The highest BCUT2D eigenvalue weighted by molar-refractivity contribution is 4.72. The summed E-state index contributed by atoms with van der Waals surface area (Å²) in [6.45, 7) is 3.66. The maximum Gasteiger partial charge on any atom is 0.100 e. The van der Waals surface area contributed by atoms with Crippen LogP contribution in [0.1, 0.15) is 19.8 Å². The first-order valence-electron chi connectivity index (χ1n) is 3.65. The molecule has 0 radical (unpaired) electrons. The van der Waals surface area contributed by atoms with Crippen LogP contribution in [0.15, 0.2) is 0 Å². The highest BCUT2D eigenvalue weighted by Gasteiger charge is 2.18. The van der Waals surface area contributed by atoms with E-state index >= 15 is 0 Å². The Balaban J connectivity index is 2.23. The molecule has 0 saturated carbocycles. The van der Waals surface area contributed by atoms with Crippen LogP contribution in [0.25, 0.3) is 0 Å². The summed E-state index contributed by atoms with van der Waals surface area (Å²) < 4.78 is 12.6. The van der Waals surface area contributed by atoms with Gasteiger partial charge in [0.15, 0.2) is 0 Å². The summed E-state index contributed by atoms with van der Waals surface area (Å²) in [6, 6.07) is 0. The van der Waals surface area contributed by atoms with Crippen molar-refractivity contribution in [2.45, 2.75) is 25.9 Å². The molecule has 0 bridgehead atoms. The van der Waals surface area contributed by atoms with E-state index in [9.17, 15) is 4.39 Å². The average molecular weight is 131 g/mol. The molecule has 54 valence electrons. The van der Waals surface area contributed by atoms with Gasteiger partial charge in [-0.15, -0.1) is 0 Å². The molecule has 1 atom stereocenters. The van der Waals surface area contributed by atoms with Gasteiger partial charge in [-0.3, -0.25) is 0 Å². The fourth-order valence-electron chi connectivity index (χ4n) is 1.30. The van der Waals surface area contributed by atoms with Gasteiger partial charge in [0, 0.05) is 0 Å². The molecule has 9 heavy (non-hydrogen) atoms. The fourth-order valence-corrected chi connectivity index (χ4v) is 1.30. The van der Waals surface area contributed by atoms with Gasteiger partial charge in [0.1, 0.15) is 6.17 Å². The number of rotatable bonds is 1. The molecule has 1 aliphatic heterocycles. The van der Waals surface area contributed by atoms with Crippen LogP contribution in [-0.4, -0.2) is 19.3 Å². The third-order valence-electron chi connectivity index (χ3n) is 2.03. The first kappa shape index (κ1) is 7.00. The monoisotopic (exact) mass is 131 g/mol. The standard InChI is InChI=1S/C7H14FN/c1-6(8)7-2-4-9-5-3-7/h6-7,9H,2-5H2,1H3/t6-/m1/s1. The van der Waals surface area contributed by atoms with Crippen LogP contribution in [0.5, 0.6) is 0 Å². The molecule has 0 aromatic carbocycles. The van der Waals surface area contributed by atoms with Crippen LogP contribution in [0.2, 0.25) is 0 Å². The lowest BCUT2D eigenvalue weighted by atomic mass is 9.94. The van der Waals surface area contributed by atoms with Crippen LogP contribution in [0, 0.1) is 5.92 Å². The molecular weight excluding hydrogens is 117 g/mol. The smallest absolute Gasteiger partial charge is 0.100 e. The molecular formula is C7H14FN. The van der Waals surface area contributed by atoms with E-state index in [0.717, 1.165) is 25.9 Å². The van der Waals surface area contributed by atoms with Gasteiger partial charge in [-0.05, 0) is 38.8 Å². The van der Waals surface area contributed by atoms with Crippen molar-refractivity contribution < 1.29 is 4.39 Å². The van der Waals surface area contributed by atoms with E-state index in [2.05, 4.69) is 5.32 Å². The summed E-state index contributed by atoms with van der Waals surface area (Å²) in [5, 5.41) is 3.20. The maximum atomic E-state index is 12.6. The summed E-state index contributed by atoms with van der Waals surface area (Å²) in [4.78, 5) is 0. The predicted octanol–water partition coefficient (Wildman–Crippen LogP) is 1.34. The Morgan fingerprint density at radius 3 is 2.33 bits per heavy atom. The number of hydrogen-bond donors (Lipinski definition) is 1. The van der Waals surface area contributed by atoms with Crippen molar-refractivity contribution in [3.63, 3.8) is 0 Å². The van der Waals surface area contributed by atoms with E-state index < -0.39 is 6.17 Å². The summed E-state index contributed by atoms with van der Waals surface area (Å²) >= 11 is 0. The van der Waals surface area contributed by atoms with E-state index in [1.54, 1.807) is 6.92 Å². The second-order valence-electron chi connectivity index (χ2n) is 2.76. The van der Waals surface area contributed by atoms with E-state index in [4.69, 9.17) is 0 Å². The molecule has 0 aliphatic carbocycles. The predicted molar refractivity (Wildman–Crippen MR) is 36.2 cm³/mol. The largest absolute Gasteiger partial charge is 0.317 e. The normalized spacial score (nSPS) is 26.0. The minimum absolute atomic E-state index is 0.325. The molecule has 1 heterocycles. The average Bonchev–Trinajstić information content (AvgIpc) is 1.90. The molecule has 0 spiro atoms. The van der Waals surface area contributed by atoms with Crippen LogP contribution in [0.3, 0.4) is 0 Å². The summed E-state index contributed by atoms with van der Waals surface area (Å²) in [6.07, 6.45) is 1.42. The Morgan fingerprint density at radius 2 is 2.00 bits per heavy atom. The molecule has 0 aromatic rings. The Morgan fingerprint density at radius 1 is 1.44 bits per heavy atom. The van der Waals surface area contributed by atoms with Crippen molar-refractivity contribution in [3.8, 4) is 0 Å². The van der Waals surface area contributed by atoms with Crippen LogP contribution in [0.4, 0.5) is 4.39 Å². The molecule has 0 unspecified atom stereocenters. The van der Waals surface area contributed by atoms with Crippen molar-refractivity contribution in [1.82, 2.24) is 5.32 Å². The second kappa shape index (κ2) is 3.16. The first-order chi connectivity index (χ1) is 4.30. The van der Waals surface area contributed by atoms with Crippen molar-refractivity contribution >= 4 is 0 Å². The Kier molecular flexibility index (Phi) is 2.46. The van der Waals surface area contributed by atoms with Gasteiger partial charge in [0.05, 0.1) is 0 Å². The maximum absolute atomic E-state index is 12.6. The minimum atomic E-state index is -0.605. The van der Waals surface area contributed by atoms with Gasteiger partial charge >= 0.3 is 0 Å². The highest BCUT2D eigenvalue weighted by atomic mass is 19.1. The molecule has 0 amide bonds. The third-order valence-corrected chi connectivity index (χ3v) is 2.03. The number of nitrogens with one attached hydrogen (secondary N) is 1. The van der Waals surface area contributed by atoms with Gasteiger partial charge < -0.3 is 5.32 Å². The Hall–Kier alpha value is -0.110. The van der Waals surface area contributed by atoms with E-state index in [-0.39, 0.29) is 0 Å². The molecule has 1 N–H and O–H groups in total. The lowest BCUT2D eigenvalue weighted by Crippen LogP contribution is -2.31. The topological polar surface area (TPSA) is 12.0 Å². The fraction of sp³-hybridized carbons (Fsp3) is 1.00. The zero-order chi connectivity index (χ0) is 6.69. The first-order valence-corrected chi connectivity index (χ1v) is 3.65. The summed E-state index contributed by atoms with van der Waals surface area (Å²) in [7, 11) is 0. The lowest BCUT2D eigenvalue weighted by molar-refractivity contribution is 0.205. The van der Waals surface area contributed by atoms with Gasteiger partial charge in [-0.2, -0.15) is 0 Å². The summed E-state index contributed by atoms with van der Waals surface area (Å²) in [5.41, 5.74) is 0. The quantitative estimate of drug-likeness (QED) is 0.566. The number of piperidine rings is 1. The van der Waals surface area contributed by atoms with Crippen molar-refractivity contribution in [1.29, 1.82) is 0 Å². The van der Waals surface area contributed by atoms with Crippen molar-refractivity contribution in [2.75, 3.05) is 13.1 Å². The Labute approximate surface area is 55.6 Å². The van der Waals surface area contributed by atoms with Crippen LogP contribution >= 0.6 is 0 Å². The van der Waals surface area contributed by atoms with E-state index in [1.807, 2.05) is 0 Å². The number of halogens is 1. The molecule has 1 aliphatic rings. The Bertz CT molecular complexity index is 77.0. The molecule has 1 rings (SSSR count). The zero-order valence-corrected chi connectivity index (χ0v) is 5.86. The van der Waals surface area contributed by atoms with E-state index in [1.165, 1.54) is 0 Å². The lowest BCUT2D eigenvalue weighted by Gasteiger charge is -2.23. The van der Waals surface area contributed by atoms with Crippen molar-refractivity contribution in [3.05, 3.63) is 0 Å². The molecule has 2 heteroatoms. The van der Waals surface area contributed by atoms with Gasteiger partial charge in [0.25, 0.3) is 0 Å². The van der Waals surface area contributed by atoms with Crippen LogP contribution < -0.4 is 5.32 Å². The molecule has 1 saturated heterocycles. The minimum Gasteiger partial charge on any atom is -0.317 e. The van der Waals surface area contributed by atoms with Crippen molar-refractivity contribution in [2.24, 2.45) is 5.92 Å². The van der Waals surface area contributed by atoms with Gasteiger partial charge in [0.2, 0.25) is 0 Å². The number of hydrogen-bond acceptors (Lipinski definition) is 1. The highest BCUT2D eigenvalue weighted by Crippen LogP contribution is 2.17. The zero-order valence-electron chi connectivity index (χ0n) is 5.86. The second-order valence-corrected chi connectivity index (χ2v) is 2.76.